The van der Waals surface area contributed by atoms with Gasteiger partial charge < -0.3 is 10.2 Å². The maximum Gasteiger partial charge on any atom is 0.419 e. The number of benzene rings is 1. The number of carbonyl (C=O) groups excluding carboxylic acids is 1. The highest BCUT2D eigenvalue weighted by Gasteiger charge is 2.34. The molecule has 2 heterocycles. The molecule has 1 amide bonds. The first-order chi connectivity index (χ1) is 12.7. The molecule has 0 aliphatic carbocycles. The number of nitrogens with zero attached hydrogens (tertiary/aromatic N) is 3. The number of aryl methyl sites for hydroxylation is 1. The number of hydrogen-bond acceptors (Lipinski definition) is 4. The molecule has 1 atom stereocenters. The van der Waals surface area contributed by atoms with Crippen molar-refractivity contribution < 1.29 is 22.4 Å². The Morgan fingerprint density at radius 1 is 1.22 bits per heavy atom. The number of nitrogens with one attached hydrogen (secondary N) is 1. The lowest BCUT2D eigenvalue weighted by Crippen LogP contribution is -2.41. The Morgan fingerprint density at radius 2 is 2.00 bits per heavy atom. The van der Waals surface area contributed by atoms with Gasteiger partial charge in [-0.3, -0.25) is 4.79 Å². The highest BCUT2D eigenvalue weighted by atomic mass is 19.4. The summed E-state index contributed by atoms with van der Waals surface area (Å²) in [4.78, 5) is 14.4. The second kappa shape index (κ2) is 7.50. The van der Waals surface area contributed by atoms with Gasteiger partial charge in [-0.2, -0.15) is 18.3 Å². The number of carbonyl (C=O) groups is 1. The molecule has 1 aliphatic heterocycles. The number of aromatic nitrogens is 2. The number of hydrogen-bond donors (Lipinski definition) is 1. The molecule has 9 heteroatoms. The van der Waals surface area contributed by atoms with E-state index in [9.17, 15) is 22.4 Å². The van der Waals surface area contributed by atoms with Crippen molar-refractivity contribution in [3.05, 3.63) is 47.4 Å². The van der Waals surface area contributed by atoms with Crippen molar-refractivity contribution in [2.45, 2.75) is 25.9 Å². The van der Waals surface area contributed by atoms with Gasteiger partial charge in [0, 0.05) is 18.8 Å². The fourth-order valence-electron chi connectivity index (χ4n) is 3.02. The monoisotopic (exact) mass is 382 g/mol. The molecule has 27 heavy (non-hydrogen) atoms. The van der Waals surface area contributed by atoms with Crippen LogP contribution in [-0.4, -0.2) is 29.2 Å². The van der Waals surface area contributed by atoms with Gasteiger partial charge in [-0.05, 0) is 50.1 Å². The first kappa shape index (κ1) is 19.1. The van der Waals surface area contributed by atoms with Crippen LogP contribution < -0.4 is 10.2 Å². The van der Waals surface area contributed by atoms with E-state index < -0.39 is 29.4 Å². The van der Waals surface area contributed by atoms with Gasteiger partial charge in [0.1, 0.15) is 5.82 Å². The van der Waals surface area contributed by atoms with Crippen LogP contribution in [0, 0.1) is 18.7 Å². The zero-order valence-electron chi connectivity index (χ0n) is 14.6. The van der Waals surface area contributed by atoms with E-state index in [-0.39, 0.29) is 5.69 Å². The van der Waals surface area contributed by atoms with E-state index in [0.29, 0.717) is 30.9 Å². The minimum absolute atomic E-state index is 0.0824. The van der Waals surface area contributed by atoms with E-state index in [1.807, 2.05) is 24.0 Å². The van der Waals surface area contributed by atoms with Crippen LogP contribution in [0.15, 0.2) is 30.3 Å². The van der Waals surface area contributed by atoms with Gasteiger partial charge in [-0.1, -0.05) is 0 Å². The van der Waals surface area contributed by atoms with Gasteiger partial charge in [0.15, 0.2) is 5.82 Å². The van der Waals surface area contributed by atoms with E-state index in [0.717, 1.165) is 24.7 Å². The molecule has 0 radical (unpaired) electrons. The standard InChI is InChI=1S/C18H18F4N4O/c1-11-4-7-16(25-24-11)26-8-2-3-12(10-26)17(27)23-13-5-6-15(19)14(9-13)18(20,21)22/h4-7,9,12H,2-3,8,10H2,1H3,(H,23,27). The Kier molecular flexibility index (Phi) is 5.29. The number of halogens is 4. The molecular formula is C18H18F4N4O. The second-order valence-electron chi connectivity index (χ2n) is 6.50. The van der Waals surface area contributed by atoms with E-state index in [1.54, 1.807) is 0 Å². The molecule has 1 aliphatic rings. The summed E-state index contributed by atoms with van der Waals surface area (Å²) in [5.74, 6) is -1.54. The van der Waals surface area contributed by atoms with Crippen molar-refractivity contribution in [2.24, 2.45) is 5.92 Å². The molecule has 0 saturated carbocycles. The molecule has 3 rings (SSSR count). The molecule has 1 N–H and O–H groups in total. The summed E-state index contributed by atoms with van der Waals surface area (Å²) < 4.78 is 51.8. The Morgan fingerprint density at radius 3 is 2.67 bits per heavy atom. The van der Waals surface area contributed by atoms with Crippen molar-refractivity contribution in [3.8, 4) is 0 Å². The fourth-order valence-corrected chi connectivity index (χ4v) is 3.02. The lowest BCUT2D eigenvalue weighted by molar-refractivity contribution is -0.140. The summed E-state index contributed by atoms with van der Waals surface area (Å²) in [7, 11) is 0. The van der Waals surface area contributed by atoms with Gasteiger partial charge in [-0.25, -0.2) is 4.39 Å². The Labute approximate surface area is 153 Å². The summed E-state index contributed by atoms with van der Waals surface area (Å²) in [6.07, 6.45) is -3.48. The lowest BCUT2D eigenvalue weighted by atomic mass is 9.97. The third-order valence-electron chi connectivity index (χ3n) is 4.44. The summed E-state index contributed by atoms with van der Waals surface area (Å²) in [6, 6.07) is 6.07. The van der Waals surface area contributed by atoms with Crippen LogP contribution in [0.25, 0.3) is 0 Å². The van der Waals surface area contributed by atoms with E-state index >= 15 is 0 Å². The summed E-state index contributed by atoms with van der Waals surface area (Å²) in [5, 5.41) is 10.6. The summed E-state index contributed by atoms with van der Waals surface area (Å²) in [5.41, 5.74) is -0.705. The highest BCUT2D eigenvalue weighted by molar-refractivity contribution is 5.93. The third-order valence-corrected chi connectivity index (χ3v) is 4.44. The normalized spacial score (nSPS) is 17.7. The van der Waals surface area contributed by atoms with E-state index in [4.69, 9.17) is 0 Å². The van der Waals surface area contributed by atoms with Crippen LogP contribution >= 0.6 is 0 Å². The first-order valence-corrected chi connectivity index (χ1v) is 8.47. The Bertz CT molecular complexity index is 823. The van der Waals surface area contributed by atoms with Crippen molar-refractivity contribution in [1.82, 2.24) is 10.2 Å². The predicted octanol–water partition coefficient (Wildman–Crippen LogP) is 3.80. The molecule has 1 fully saturated rings. The molecule has 1 unspecified atom stereocenters. The summed E-state index contributed by atoms with van der Waals surface area (Å²) >= 11 is 0. The third kappa shape index (κ3) is 4.53. The molecule has 1 aromatic heterocycles. The molecule has 5 nitrogen and oxygen atoms in total. The van der Waals surface area contributed by atoms with Crippen LogP contribution in [0.1, 0.15) is 24.1 Å². The van der Waals surface area contributed by atoms with Gasteiger partial charge in [0.05, 0.1) is 17.2 Å². The number of amides is 1. The molecule has 1 aromatic carbocycles. The van der Waals surface area contributed by atoms with Crippen LogP contribution in [-0.2, 0) is 11.0 Å². The number of piperidine rings is 1. The fraction of sp³-hybridized carbons (Fsp3) is 0.389. The van der Waals surface area contributed by atoms with Gasteiger partial charge in [-0.15, -0.1) is 5.10 Å². The largest absolute Gasteiger partial charge is 0.419 e. The zero-order chi connectivity index (χ0) is 19.6. The van der Waals surface area contributed by atoms with Crippen molar-refractivity contribution in [3.63, 3.8) is 0 Å². The molecule has 0 bridgehead atoms. The number of rotatable bonds is 3. The Balaban J connectivity index is 1.70. The smallest absolute Gasteiger partial charge is 0.354 e. The Hall–Kier alpha value is -2.71. The van der Waals surface area contributed by atoms with Gasteiger partial charge in [0.25, 0.3) is 0 Å². The van der Waals surface area contributed by atoms with E-state index in [2.05, 4.69) is 15.5 Å². The van der Waals surface area contributed by atoms with Crippen molar-refractivity contribution in [2.75, 3.05) is 23.3 Å². The van der Waals surface area contributed by atoms with Crippen molar-refractivity contribution in [1.29, 1.82) is 0 Å². The van der Waals surface area contributed by atoms with Crippen LogP contribution in [0.4, 0.5) is 29.1 Å². The minimum Gasteiger partial charge on any atom is -0.354 e. The van der Waals surface area contributed by atoms with Gasteiger partial charge >= 0.3 is 6.18 Å². The topological polar surface area (TPSA) is 58.1 Å². The molecule has 2 aromatic rings. The molecule has 144 valence electrons. The van der Waals surface area contributed by atoms with Crippen LogP contribution in [0.5, 0.6) is 0 Å². The quantitative estimate of drug-likeness (QED) is 0.821. The summed E-state index contributed by atoms with van der Waals surface area (Å²) in [6.45, 7) is 2.92. The molecule has 1 saturated heterocycles. The maximum atomic E-state index is 13.4. The second-order valence-corrected chi connectivity index (χ2v) is 6.50. The average molecular weight is 382 g/mol. The number of anilines is 2. The number of alkyl halides is 3. The lowest BCUT2D eigenvalue weighted by Gasteiger charge is -2.32. The minimum atomic E-state index is -4.82. The molecular weight excluding hydrogens is 364 g/mol. The van der Waals surface area contributed by atoms with Crippen molar-refractivity contribution >= 4 is 17.4 Å². The maximum absolute atomic E-state index is 13.4. The van der Waals surface area contributed by atoms with Crippen LogP contribution in [0.3, 0.4) is 0 Å². The predicted molar refractivity (Wildman–Crippen MR) is 91.7 cm³/mol. The SMILES string of the molecule is Cc1ccc(N2CCCC(C(=O)Nc3ccc(F)c(C(F)(F)F)c3)C2)nn1. The first-order valence-electron chi connectivity index (χ1n) is 8.47. The van der Waals surface area contributed by atoms with E-state index in [1.165, 1.54) is 0 Å². The van der Waals surface area contributed by atoms with Crippen LogP contribution in [0.2, 0.25) is 0 Å². The zero-order valence-corrected chi connectivity index (χ0v) is 14.6. The highest BCUT2D eigenvalue weighted by Crippen LogP contribution is 2.33. The molecule has 0 spiro atoms. The van der Waals surface area contributed by atoms with Gasteiger partial charge in [0.2, 0.25) is 5.91 Å². The average Bonchev–Trinajstić information content (AvgIpc) is 2.63.